The highest BCUT2D eigenvalue weighted by Gasteiger charge is 2.31. The molecule has 0 radical (unpaired) electrons. The quantitative estimate of drug-likeness (QED) is 0.811. The van der Waals surface area contributed by atoms with Crippen molar-refractivity contribution in [1.82, 2.24) is 0 Å². The summed E-state index contributed by atoms with van der Waals surface area (Å²) in [6.45, 7) is 0.552. The van der Waals surface area contributed by atoms with Gasteiger partial charge in [0.05, 0.1) is 5.56 Å². The van der Waals surface area contributed by atoms with Crippen LogP contribution in [-0.4, -0.2) is 6.54 Å². The highest BCUT2D eigenvalue weighted by Crippen LogP contribution is 2.33. The zero-order valence-corrected chi connectivity index (χ0v) is 10.6. The maximum Gasteiger partial charge on any atom is 0.416 e. The van der Waals surface area contributed by atoms with E-state index in [1.807, 2.05) is 0 Å². The zero-order valence-electron chi connectivity index (χ0n) is 9.80. The molecule has 0 aliphatic carbocycles. The van der Waals surface area contributed by atoms with E-state index in [2.05, 4.69) is 0 Å². The molecule has 0 saturated carbocycles. The molecule has 102 valence electrons. The van der Waals surface area contributed by atoms with Gasteiger partial charge in [0.15, 0.2) is 0 Å². The summed E-state index contributed by atoms with van der Waals surface area (Å²) in [7, 11) is 0. The fourth-order valence-corrected chi connectivity index (χ4v) is 1.91. The number of alkyl halides is 3. The van der Waals surface area contributed by atoms with Gasteiger partial charge in [0, 0.05) is 11.1 Å². The van der Waals surface area contributed by atoms with Crippen LogP contribution in [0, 0.1) is 0 Å². The lowest BCUT2D eigenvalue weighted by Gasteiger charge is -2.15. The molecule has 0 heterocycles. The smallest absolute Gasteiger partial charge is 0.330 e. The van der Waals surface area contributed by atoms with Gasteiger partial charge in [-0.2, -0.15) is 13.2 Å². The van der Waals surface area contributed by atoms with Gasteiger partial charge < -0.3 is 11.5 Å². The Balaban J connectivity index is 2.85. The highest BCUT2D eigenvalue weighted by atomic mass is 35.5. The maximum atomic E-state index is 12.6. The Labute approximate surface area is 109 Å². The van der Waals surface area contributed by atoms with Gasteiger partial charge in [-0.1, -0.05) is 18.0 Å². The summed E-state index contributed by atoms with van der Waals surface area (Å²) < 4.78 is 37.8. The largest absolute Gasteiger partial charge is 0.416 e. The third kappa shape index (κ3) is 4.48. The van der Waals surface area contributed by atoms with Gasteiger partial charge in [-0.3, -0.25) is 0 Å². The number of unbranched alkanes of at least 4 members (excludes halogenated alkanes) is 1. The van der Waals surface area contributed by atoms with Crippen LogP contribution in [0.2, 0.25) is 5.02 Å². The van der Waals surface area contributed by atoms with Gasteiger partial charge in [0.1, 0.15) is 0 Å². The van der Waals surface area contributed by atoms with Crippen LogP contribution in [0.3, 0.4) is 0 Å². The van der Waals surface area contributed by atoms with Gasteiger partial charge in [0.2, 0.25) is 0 Å². The molecular formula is C12H16ClF3N2. The second-order valence-electron chi connectivity index (χ2n) is 4.16. The minimum Gasteiger partial charge on any atom is -0.330 e. The van der Waals surface area contributed by atoms with Gasteiger partial charge in [-0.15, -0.1) is 0 Å². The summed E-state index contributed by atoms with van der Waals surface area (Å²) in [6.07, 6.45) is -2.22. The molecule has 0 saturated heterocycles. The minimum atomic E-state index is -4.41. The van der Waals surface area contributed by atoms with Crippen LogP contribution >= 0.6 is 11.6 Å². The number of benzene rings is 1. The molecule has 1 aromatic carbocycles. The van der Waals surface area contributed by atoms with E-state index in [0.717, 1.165) is 25.0 Å². The molecule has 0 bridgehead atoms. The van der Waals surface area contributed by atoms with Crippen molar-refractivity contribution in [3.05, 3.63) is 34.3 Å². The van der Waals surface area contributed by atoms with Crippen LogP contribution in [0.25, 0.3) is 0 Å². The molecule has 6 heteroatoms. The molecule has 1 rings (SSSR count). The molecule has 2 nitrogen and oxygen atoms in total. The van der Waals surface area contributed by atoms with Crippen molar-refractivity contribution in [2.24, 2.45) is 11.5 Å². The SMILES string of the molecule is NCCCC[C@H](N)c1cc(Cl)cc(C(F)(F)F)c1. The number of rotatable bonds is 5. The van der Waals surface area contributed by atoms with E-state index in [0.29, 0.717) is 18.5 Å². The molecule has 0 aliphatic rings. The van der Waals surface area contributed by atoms with Crippen LogP contribution in [0.1, 0.15) is 36.4 Å². The Morgan fingerprint density at radius 1 is 1.17 bits per heavy atom. The monoisotopic (exact) mass is 280 g/mol. The number of halogens is 4. The molecule has 0 unspecified atom stereocenters. The first-order valence-electron chi connectivity index (χ1n) is 5.68. The second-order valence-corrected chi connectivity index (χ2v) is 4.60. The second kappa shape index (κ2) is 6.41. The van der Waals surface area contributed by atoms with Crippen molar-refractivity contribution >= 4 is 11.6 Å². The first kappa shape index (κ1) is 15.3. The third-order valence-electron chi connectivity index (χ3n) is 2.64. The van der Waals surface area contributed by atoms with Gasteiger partial charge in [0.25, 0.3) is 0 Å². The summed E-state index contributed by atoms with van der Waals surface area (Å²) in [4.78, 5) is 0. The summed E-state index contributed by atoms with van der Waals surface area (Å²) in [5.41, 5.74) is 10.8. The average molecular weight is 281 g/mol. The van der Waals surface area contributed by atoms with Gasteiger partial charge >= 0.3 is 6.18 Å². The summed E-state index contributed by atoms with van der Waals surface area (Å²) >= 11 is 5.69. The predicted molar refractivity (Wildman–Crippen MR) is 66.3 cm³/mol. The fourth-order valence-electron chi connectivity index (χ4n) is 1.67. The zero-order chi connectivity index (χ0) is 13.8. The molecule has 1 aromatic rings. The Morgan fingerprint density at radius 2 is 1.83 bits per heavy atom. The Hall–Kier alpha value is -0.780. The minimum absolute atomic E-state index is 0.0501. The van der Waals surface area contributed by atoms with Crippen molar-refractivity contribution in [2.75, 3.05) is 6.54 Å². The maximum absolute atomic E-state index is 12.6. The van der Waals surface area contributed by atoms with Crippen molar-refractivity contribution in [3.8, 4) is 0 Å². The van der Waals surface area contributed by atoms with Crippen LogP contribution in [-0.2, 0) is 6.18 Å². The predicted octanol–water partition coefficient (Wildman–Crippen LogP) is 3.49. The van der Waals surface area contributed by atoms with E-state index in [-0.39, 0.29) is 5.02 Å². The normalized spacial score (nSPS) is 13.7. The first-order chi connectivity index (χ1) is 8.34. The first-order valence-corrected chi connectivity index (χ1v) is 6.05. The summed E-state index contributed by atoms with van der Waals surface area (Å²) in [6, 6.07) is 2.98. The van der Waals surface area contributed by atoms with E-state index < -0.39 is 17.8 Å². The summed E-state index contributed by atoms with van der Waals surface area (Å²) in [5.74, 6) is 0. The van der Waals surface area contributed by atoms with E-state index in [1.54, 1.807) is 0 Å². The van der Waals surface area contributed by atoms with Crippen LogP contribution < -0.4 is 11.5 Å². The van der Waals surface area contributed by atoms with Gasteiger partial charge in [-0.05, 0) is 43.1 Å². The van der Waals surface area contributed by atoms with Crippen molar-refractivity contribution in [2.45, 2.75) is 31.5 Å². The van der Waals surface area contributed by atoms with E-state index >= 15 is 0 Å². The molecule has 0 aliphatic heterocycles. The molecule has 18 heavy (non-hydrogen) atoms. The lowest BCUT2D eigenvalue weighted by atomic mass is 9.99. The Morgan fingerprint density at radius 3 is 2.39 bits per heavy atom. The van der Waals surface area contributed by atoms with E-state index in [1.165, 1.54) is 6.07 Å². The lowest BCUT2D eigenvalue weighted by Crippen LogP contribution is -2.13. The number of nitrogens with two attached hydrogens (primary N) is 2. The molecular weight excluding hydrogens is 265 g/mol. The molecule has 1 atom stereocenters. The Kier molecular flexibility index (Phi) is 5.44. The molecule has 4 N–H and O–H groups in total. The molecule has 0 fully saturated rings. The lowest BCUT2D eigenvalue weighted by molar-refractivity contribution is -0.137. The molecule has 0 spiro atoms. The Bertz CT molecular complexity index is 393. The summed E-state index contributed by atoms with van der Waals surface area (Å²) in [5, 5.41) is 0.0501. The van der Waals surface area contributed by atoms with E-state index in [9.17, 15) is 13.2 Å². The topological polar surface area (TPSA) is 52.0 Å². The standard InChI is InChI=1S/C12H16ClF3N2/c13-10-6-8(11(18)3-1-2-4-17)5-9(7-10)12(14,15)16/h5-7,11H,1-4,17-18H2/t11-/m0/s1. The highest BCUT2D eigenvalue weighted by molar-refractivity contribution is 6.30. The van der Waals surface area contributed by atoms with Crippen LogP contribution in [0.5, 0.6) is 0 Å². The van der Waals surface area contributed by atoms with Crippen molar-refractivity contribution < 1.29 is 13.2 Å². The van der Waals surface area contributed by atoms with Crippen molar-refractivity contribution in [1.29, 1.82) is 0 Å². The molecule has 0 amide bonds. The average Bonchev–Trinajstić information content (AvgIpc) is 2.27. The number of hydrogen-bond donors (Lipinski definition) is 2. The fraction of sp³-hybridized carbons (Fsp3) is 0.500. The molecule has 0 aromatic heterocycles. The third-order valence-corrected chi connectivity index (χ3v) is 2.86. The van der Waals surface area contributed by atoms with Gasteiger partial charge in [-0.25, -0.2) is 0 Å². The van der Waals surface area contributed by atoms with Crippen LogP contribution in [0.15, 0.2) is 18.2 Å². The van der Waals surface area contributed by atoms with E-state index in [4.69, 9.17) is 23.1 Å². The van der Waals surface area contributed by atoms with Crippen molar-refractivity contribution in [3.63, 3.8) is 0 Å². The van der Waals surface area contributed by atoms with Crippen LogP contribution in [0.4, 0.5) is 13.2 Å². The number of hydrogen-bond acceptors (Lipinski definition) is 2.